The Balaban J connectivity index is 4.22. The number of ether oxygens (including phenoxy) is 3. The minimum atomic E-state index is -0.776. The van der Waals surface area contributed by atoms with Crippen LogP contribution < -0.4 is 0 Å². The van der Waals surface area contributed by atoms with Crippen LogP contribution in [0.1, 0.15) is 380 Å². The van der Waals surface area contributed by atoms with Crippen molar-refractivity contribution in [1.29, 1.82) is 0 Å². The van der Waals surface area contributed by atoms with Crippen molar-refractivity contribution in [3.05, 3.63) is 36.5 Å². The van der Waals surface area contributed by atoms with Crippen LogP contribution in [0.4, 0.5) is 0 Å². The highest BCUT2D eigenvalue weighted by Crippen LogP contribution is 2.19. The second kappa shape index (κ2) is 66.1. The van der Waals surface area contributed by atoms with Gasteiger partial charge >= 0.3 is 17.9 Å². The largest absolute Gasteiger partial charge is 0.462 e. The Kier molecular flexibility index (Phi) is 64.1. The second-order valence-corrected chi connectivity index (χ2v) is 23.4. The van der Waals surface area contributed by atoms with E-state index in [2.05, 4.69) is 57.2 Å². The van der Waals surface area contributed by atoms with E-state index in [4.69, 9.17) is 14.2 Å². The molecule has 6 nitrogen and oxygen atoms in total. The highest BCUT2D eigenvalue weighted by molar-refractivity contribution is 5.71. The highest BCUT2D eigenvalue weighted by atomic mass is 16.6. The normalized spacial score (nSPS) is 12.2. The average Bonchev–Trinajstić information content (AvgIpc) is 3.43. The van der Waals surface area contributed by atoms with Gasteiger partial charge in [-0.1, -0.05) is 346 Å². The first kappa shape index (κ1) is 74.6. The maximum atomic E-state index is 12.9. The summed E-state index contributed by atoms with van der Waals surface area (Å²) in [5.41, 5.74) is 0. The molecule has 0 saturated carbocycles. The molecule has 0 amide bonds. The molecule has 0 fully saturated rings. The molecule has 77 heavy (non-hydrogen) atoms. The molecule has 452 valence electrons. The Hall–Kier alpha value is -2.37. The number of hydrogen-bond donors (Lipinski definition) is 0. The zero-order valence-corrected chi connectivity index (χ0v) is 52.0. The van der Waals surface area contributed by atoms with Crippen LogP contribution in [0.3, 0.4) is 0 Å². The predicted octanol–water partition coefficient (Wildman–Crippen LogP) is 23.6. The van der Waals surface area contributed by atoms with Crippen molar-refractivity contribution in [3.63, 3.8) is 0 Å². The van der Waals surface area contributed by atoms with Gasteiger partial charge < -0.3 is 14.2 Å². The number of allylic oxidation sites excluding steroid dienone is 6. The third-order valence-corrected chi connectivity index (χ3v) is 15.7. The van der Waals surface area contributed by atoms with Gasteiger partial charge in [0.25, 0.3) is 0 Å². The van der Waals surface area contributed by atoms with E-state index >= 15 is 0 Å². The summed E-state index contributed by atoms with van der Waals surface area (Å²) in [6.07, 6.45) is 81.8. The fourth-order valence-electron chi connectivity index (χ4n) is 10.5. The first-order chi connectivity index (χ1) is 38.0. The highest BCUT2D eigenvalue weighted by Gasteiger charge is 2.19. The first-order valence-electron chi connectivity index (χ1n) is 34.5. The van der Waals surface area contributed by atoms with Crippen LogP contribution in [-0.4, -0.2) is 37.2 Å². The van der Waals surface area contributed by atoms with E-state index in [0.29, 0.717) is 19.3 Å². The lowest BCUT2D eigenvalue weighted by Crippen LogP contribution is -2.30. The number of unbranched alkanes of at least 4 members (excludes halogenated alkanes) is 47. The number of hydrogen-bond acceptors (Lipinski definition) is 6. The summed E-state index contributed by atoms with van der Waals surface area (Å²) < 4.78 is 17.0. The van der Waals surface area contributed by atoms with Crippen molar-refractivity contribution >= 4 is 17.9 Å². The molecule has 6 heteroatoms. The van der Waals surface area contributed by atoms with Crippen molar-refractivity contribution < 1.29 is 28.6 Å². The van der Waals surface area contributed by atoms with Gasteiger partial charge in [-0.2, -0.15) is 0 Å². The molecule has 0 radical (unpaired) electrons. The Labute approximate surface area is 480 Å². The molecule has 0 heterocycles. The average molecular weight is 1080 g/mol. The third-order valence-electron chi connectivity index (χ3n) is 15.7. The lowest BCUT2D eigenvalue weighted by atomic mass is 10.0. The number of esters is 3. The molecular formula is C71H132O6. The summed E-state index contributed by atoms with van der Waals surface area (Å²) in [7, 11) is 0. The maximum Gasteiger partial charge on any atom is 0.306 e. The van der Waals surface area contributed by atoms with Gasteiger partial charge in [-0.25, -0.2) is 0 Å². The number of carbonyl (C=O) groups is 3. The molecule has 0 aromatic heterocycles. The van der Waals surface area contributed by atoms with Gasteiger partial charge in [0, 0.05) is 19.3 Å². The van der Waals surface area contributed by atoms with Gasteiger partial charge in [-0.15, -0.1) is 0 Å². The summed E-state index contributed by atoms with van der Waals surface area (Å²) in [6.45, 7) is 6.59. The fourth-order valence-corrected chi connectivity index (χ4v) is 10.5. The Morgan fingerprint density at radius 1 is 0.273 bits per heavy atom. The zero-order chi connectivity index (χ0) is 55.7. The summed E-state index contributed by atoms with van der Waals surface area (Å²) in [4.78, 5) is 38.4. The molecule has 0 rings (SSSR count). The van der Waals surface area contributed by atoms with Crippen molar-refractivity contribution in [2.24, 2.45) is 0 Å². The van der Waals surface area contributed by atoms with E-state index in [1.807, 2.05) is 0 Å². The van der Waals surface area contributed by atoms with E-state index in [-0.39, 0.29) is 31.1 Å². The van der Waals surface area contributed by atoms with Crippen molar-refractivity contribution in [3.8, 4) is 0 Å². The fraction of sp³-hybridized carbons (Fsp3) is 0.873. The van der Waals surface area contributed by atoms with E-state index in [1.54, 1.807) is 0 Å². The number of rotatable bonds is 64. The monoisotopic (exact) mass is 1080 g/mol. The van der Waals surface area contributed by atoms with Gasteiger partial charge in [-0.05, 0) is 51.4 Å². The van der Waals surface area contributed by atoms with Crippen molar-refractivity contribution in [2.75, 3.05) is 13.2 Å². The topological polar surface area (TPSA) is 78.9 Å². The molecule has 0 N–H and O–H groups in total. The van der Waals surface area contributed by atoms with Gasteiger partial charge in [0.1, 0.15) is 13.2 Å². The minimum Gasteiger partial charge on any atom is -0.462 e. The van der Waals surface area contributed by atoms with Crippen LogP contribution in [0, 0.1) is 0 Å². The summed E-state index contributed by atoms with van der Waals surface area (Å²) in [5, 5.41) is 0. The van der Waals surface area contributed by atoms with Crippen LogP contribution in [-0.2, 0) is 28.6 Å². The van der Waals surface area contributed by atoms with Crippen molar-refractivity contribution in [1.82, 2.24) is 0 Å². The van der Waals surface area contributed by atoms with Crippen LogP contribution >= 0.6 is 0 Å². The van der Waals surface area contributed by atoms with E-state index in [0.717, 1.165) is 96.3 Å². The minimum absolute atomic E-state index is 0.0720. The molecule has 0 aromatic carbocycles. The number of carbonyl (C=O) groups excluding carboxylic acids is 3. The maximum absolute atomic E-state index is 12.9. The SMILES string of the molecule is CC/C=C\C/C=C\C/C=C\CCCCCCCC(=O)OCC(COC(=O)CCCCCCCCCCCCCCCCCCCCCCCCCCCCC)OC(=O)CCCCCCCCCCCCCCCCCCC. The first-order valence-corrected chi connectivity index (χ1v) is 34.5. The van der Waals surface area contributed by atoms with Crippen LogP contribution in [0.5, 0.6) is 0 Å². The molecule has 0 aromatic rings. The van der Waals surface area contributed by atoms with Crippen LogP contribution in [0.25, 0.3) is 0 Å². The molecular weight excluding hydrogens is 949 g/mol. The lowest BCUT2D eigenvalue weighted by molar-refractivity contribution is -0.167. The summed E-state index contributed by atoms with van der Waals surface area (Å²) in [6, 6.07) is 0. The second-order valence-electron chi connectivity index (χ2n) is 23.4. The zero-order valence-electron chi connectivity index (χ0n) is 52.0. The van der Waals surface area contributed by atoms with E-state index in [1.165, 1.54) is 244 Å². The van der Waals surface area contributed by atoms with E-state index in [9.17, 15) is 14.4 Å². The molecule has 0 aliphatic carbocycles. The lowest BCUT2D eigenvalue weighted by Gasteiger charge is -2.18. The molecule has 1 unspecified atom stereocenters. The Morgan fingerprint density at radius 2 is 0.506 bits per heavy atom. The smallest absolute Gasteiger partial charge is 0.306 e. The van der Waals surface area contributed by atoms with Crippen LogP contribution in [0.15, 0.2) is 36.5 Å². The summed E-state index contributed by atoms with van der Waals surface area (Å²) >= 11 is 0. The quantitative estimate of drug-likeness (QED) is 0.0261. The molecule has 1 atom stereocenters. The Morgan fingerprint density at radius 3 is 0.792 bits per heavy atom. The molecule has 0 saturated heterocycles. The molecule has 0 spiro atoms. The van der Waals surface area contributed by atoms with Gasteiger partial charge in [0.2, 0.25) is 0 Å². The van der Waals surface area contributed by atoms with Gasteiger partial charge in [0.05, 0.1) is 0 Å². The summed E-state index contributed by atoms with van der Waals surface area (Å²) in [5.74, 6) is -0.861. The van der Waals surface area contributed by atoms with E-state index < -0.39 is 6.10 Å². The molecule has 0 aliphatic rings. The standard InChI is InChI=1S/C71H132O6/c1-4-7-10-13-16-19-22-25-28-30-31-32-33-34-35-36-37-38-39-41-43-46-49-52-55-58-61-64-70(73)76-67-68(66-75-69(72)63-60-57-54-51-48-45-42-27-24-21-18-15-12-9-6-3)77-71(74)65-62-59-56-53-50-47-44-40-29-26-23-20-17-14-11-8-5-2/h9,12,18,21,27,42,68H,4-8,10-11,13-17,19-20,22-26,28-41,43-67H2,1-3H3/b12-9-,21-18-,42-27-. The third kappa shape index (κ3) is 64.3. The van der Waals surface area contributed by atoms with Gasteiger partial charge in [0.15, 0.2) is 6.10 Å². The molecule has 0 bridgehead atoms. The molecule has 0 aliphatic heterocycles. The Bertz CT molecular complexity index is 1290. The predicted molar refractivity (Wildman–Crippen MR) is 335 cm³/mol. The van der Waals surface area contributed by atoms with Crippen LogP contribution in [0.2, 0.25) is 0 Å². The van der Waals surface area contributed by atoms with Crippen molar-refractivity contribution in [2.45, 2.75) is 386 Å². The van der Waals surface area contributed by atoms with Gasteiger partial charge in [-0.3, -0.25) is 14.4 Å².